The average molecular weight is 239 g/mol. The summed E-state index contributed by atoms with van der Waals surface area (Å²) < 4.78 is 0. The first-order valence-corrected chi connectivity index (χ1v) is 3.26. The van der Waals surface area contributed by atoms with Gasteiger partial charge in [0.25, 0.3) is 0 Å². The maximum Gasteiger partial charge on any atom is 0.0701 e. The van der Waals surface area contributed by atoms with E-state index in [1.54, 1.807) is 0 Å². The van der Waals surface area contributed by atoms with E-state index in [4.69, 9.17) is 0 Å². The zero-order valence-electron chi connectivity index (χ0n) is 6.71. The highest BCUT2D eigenvalue weighted by Gasteiger charge is 1.86. The quantitative estimate of drug-likeness (QED) is 0.684. The fourth-order valence-corrected chi connectivity index (χ4v) is 1.02. The fraction of sp³-hybridized carbons (Fsp3) is 0. The first kappa shape index (κ1) is 15.0. The highest BCUT2D eigenvalue weighted by Crippen LogP contribution is 2.07. The molecule has 0 saturated heterocycles. The van der Waals surface area contributed by atoms with E-state index < -0.39 is 0 Å². The number of fused-ring (bicyclic) bond motifs is 1. The number of nitrogens with zero attached hydrogens (tertiary/aromatic N) is 1. The summed E-state index contributed by atoms with van der Waals surface area (Å²) in [6.45, 7) is 0. The van der Waals surface area contributed by atoms with Crippen LogP contribution < -0.4 is 0 Å². The van der Waals surface area contributed by atoms with Gasteiger partial charge in [-0.3, -0.25) is 4.98 Å². The van der Waals surface area contributed by atoms with Gasteiger partial charge in [0, 0.05) is 11.6 Å². The minimum Gasteiger partial charge on any atom is -0.256 e. The highest BCUT2D eigenvalue weighted by molar-refractivity contribution is 5.86. The molecule has 0 atom stereocenters. The zero-order chi connectivity index (χ0) is 6.81. The Balaban J connectivity index is 0. The van der Waals surface area contributed by atoms with Gasteiger partial charge in [-0.1, -0.05) is 24.3 Å². The van der Waals surface area contributed by atoms with Crippen LogP contribution in [0.25, 0.3) is 10.9 Å². The number of para-hydroxylation sites is 1. The van der Waals surface area contributed by atoms with Crippen LogP contribution in [0.2, 0.25) is 0 Å². The van der Waals surface area contributed by atoms with Crippen LogP contribution in [0.1, 0.15) is 0 Å². The Morgan fingerprint density at radius 1 is 0.769 bits per heavy atom. The lowest BCUT2D eigenvalue weighted by atomic mass is 10.2. The predicted molar refractivity (Wildman–Crippen MR) is 63.5 cm³/mol. The van der Waals surface area contributed by atoms with Gasteiger partial charge in [0.2, 0.25) is 0 Å². The van der Waals surface area contributed by atoms with E-state index in [1.807, 2.05) is 30.5 Å². The Morgan fingerprint density at radius 3 is 2.08 bits per heavy atom. The summed E-state index contributed by atoms with van der Waals surface area (Å²) in [6.07, 6.45) is 1.81. The van der Waals surface area contributed by atoms with Crippen LogP contribution >= 0.6 is 37.2 Å². The molecule has 4 heteroatoms. The largest absolute Gasteiger partial charge is 0.256 e. The van der Waals surface area contributed by atoms with Crippen molar-refractivity contribution in [2.45, 2.75) is 0 Å². The summed E-state index contributed by atoms with van der Waals surface area (Å²) in [5.41, 5.74) is 1.06. The maximum atomic E-state index is 4.18. The second-order valence-electron chi connectivity index (χ2n) is 2.20. The SMILES string of the molecule is Cl.Cl.Cl.c1ccc2ncccc2c1. The Kier molecular flexibility index (Phi) is 8.02. The van der Waals surface area contributed by atoms with Crippen molar-refractivity contribution in [2.75, 3.05) is 0 Å². The van der Waals surface area contributed by atoms with E-state index in [2.05, 4.69) is 17.1 Å². The minimum atomic E-state index is 0. The Bertz CT molecular complexity index is 286. The Morgan fingerprint density at radius 2 is 1.38 bits per heavy atom. The van der Waals surface area contributed by atoms with Gasteiger partial charge in [-0.25, -0.2) is 0 Å². The topological polar surface area (TPSA) is 12.9 Å². The van der Waals surface area contributed by atoms with Crippen molar-refractivity contribution < 1.29 is 0 Å². The molecule has 0 aliphatic carbocycles. The molecule has 0 radical (unpaired) electrons. The van der Waals surface area contributed by atoms with Crippen molar-refractivity contribution >= 4 is 48.1 Å². The number of halogens is 3. The number of pyridine rings is 1. The molecule has 1 aromatic heterocycles. The average Bonchev–Trinajstić information content (AvgIpc) is 2.05. The molecule has 0 N–H and O–H groups in total. The van der Waals surface area contributed by atoms with E-state index in [0.29, 0.717) is 0 Å². The van der Waals surface area contributed by atoms with Gasteiger partial charge in [-0.15, -0.1) is 37.2 Å². The standard InChI is InChI=1S/C9H7N.3ClH/c1-2-6-9-8(4-1)5-3-7-10-9;;;/h1-7H;3*1H. The van der Waals surface area contributed by atoms with Crippen molar-refractivity contribution in [1.29, 1.82) is 0 Å². The molecule has 1 nitrogen and oxygen atoms in total. The molecule has 0 saturated carbocycles. The number of hydrogen-bond donors (Lipinski definition) is 0. The normalized spacial score (nSPS) is 7.69. The third-order valence-electron chi connectivity index (χ3n) is 1.51. The van der Waals surface area contributed by atoms with Crippen LogP contribution in [0, 0.1) is 0 Å². The van der Waals surface area contributed by atoms with Gasteiger partial charge < -0.3 is 0 Å². The van der Waals surface area contributed by atoms with Gasteiger partial charge in [0.05, 0.1) is 5.52 Å². The summed E-state index contributed by atoms with van der Waals surface area (Å²) in [5, 5.41) is 1.20. The molecule has 0 aliphatic heterocycles. The van der Waals surface area contributed by atoms with Crippen LogP contribution in [0.4, 0.5) is 0 Å². The number of hydrogen-bond acceptors (Lipinski definition) is 1. The van der Waals surface area contributed by atoms with Crippen LogP contribution in [0.3, 0.4) is 0 Å². The molecule has 72 valence electrons. The van der Waals surface area contributed by atoms with Gasteiger partial charge in [-0.05, 0) is 12.1 Å². The molecular formula is C9H10Cl3N. The van der Waals surface area contributed by atoms with Crippen molar-refractivity contribution in [1.82, 2.24) is 4.98 Å². The summed E-state index contributed by atoms with van der Waals surface area (Å²) in [6, 6.07) is 12.1. The Labute approximate surface area is 95.8 Å². The van der Waals surface area contributed by atoms with Crippen molar-refractivity contribution in [3.05, 3.63) is 42.6 Å². The summed E-state index contributed by atoms with van der Waals surface area (Å²) in [5.74, 6) is 0. The first-order valence-electron chi connectivity index (χ1n) is 3.26. The van der Waals surface area contributed by atoms with Crippen LogP contribution in [-0.4, -0.2) is 4.98 Å². The second kappa shape index (κ2) is 6.96. The third kappa shape index (κ3) is 3.39. The smallest absolute Gasteiger partial charge is 0.0701 e. The molecule has 13 heavy (non-hydrogen) atoms. The summed E-state index contributed by atoms with van der Waals surface area (Å²) >= 11 is 0. The van der Waals surface area contributed by atoms with Crippen molar-refractivity contribution in [3.8, 4) is 0 Å². The number of benzene rings is 1. The highest BCUT2D eigenvalue weighted by atomic mass is 35.5. The molecule has 0 fully saturated rings. The molecule has 0 spiro atoms. The molecule has 1 aromatic carbocycles. The zero-order valence-corrected chi connectivity index (χ0v) is 9.16. The van der Waals surface area contributed by atoms with Gasteiger partial charge in [-0.2, -0.15) is 0 Å². The predicted octanol–water partition coefficient (Wildman–Crippen LogP) is 3.50. The molecule has 0 unspecified atom stereocenters. The van der Waals surface area contributed by atoms with Crippen LogP contribution in [0.5, 0.6) is 0 Å². The number of aromatic nitrogens is 1. The van der Waals surface area contributed by atoms with Gasteiger partial charge in [0.15, 0.2) is 0 Å². The van der Waals surface area contributed by atoms with E-state index >= 15 is 0 Å². The van der Waals surface area contributed by atoms with E-state index in [9.17, 15) is 0 Å². The lowest BCUT2D eigenvalue weighted by Crippen LogP contribution is -1.73. The lowest BCUT2D eigenvalue weighted by Gasteiger charge is -1.91. The monoisotopic (exact) mass is 237 g/mol. The fourth-order valence-electron chi connectivity index (χ4n) is 1.02. The summed E-state index contributed by atoms with van der Waals surface area (Å²) in [7, 11) is 0. The van der Waals surface area contributed by atoms with E-state index in [1.165, 1.54) is 5.39 Å². The molecule has 2 aromatic rings. The van der Waals surface area contributed by atoms with E-state index in [0.717, 1.165) is 5.52 Å². The van der Waals surface area contributed by atoms with Crippen molar-refractivity contribution in [3.63, 3.8) is 0 Å². The first-order chi connectivity index (χ1) is 4.97. The van der Waals surface area contributed by atoms with Crippen LogP contribution in [0.15, 0.2) is 42.6 Å². The molecule has 0 bridgehead atoms. The lowest BCUT2D eigenvalue weighted by molar-refractivity contribution is 1.41. The molecule has 1 heterocycles. The van der Waals surface area contributed by atoms with Crippen LogP contribution in [-0.2, 0) is 0 Å². The third-order valence-corrected chi connectivity index (χ3v) is 1.51. The molecule has 0 amide bonds. The number of rotatable bonds is 0. The molecular weight excluding hydrogens is 228 g/mol. The molecule has 0 aliphatic rings. The minimum absolute atomic E-state index is 0. The maximum absolute atomic E-state index is 4.18. The van der Waals surface area contributed by atoms with Crippen molar-refractivity contribution in [2.24, 2.45) is 0 Å². The van der Waals surface area contributed by atoms with Gasteiger partial charge >= 0.3 is 0 Å². The summed E-state index contributed by atoms with van der Waals surface area (Å²) in [4.78, 5) is 4.18. The van der Waals surface area contributed by atoms with Gasteiger partial charge in [0.1, 0.15) is 0 Å². The molecule has 2 rings (SSSR count). The van der Waals surface area contributed by atoms with E-state index in [-0.39, 0.29) is 37.2 Å². The second-order valence-corrected chi connectivity index (χ2v) is 2.20. The Hall–Kier alpha value is -0.500.